The Hall–Kier alpha value is -0.0900. The summed E-state index contributed by atoms with van der Waals surface area (Å²) in [6.07, 6.45) is 5.53. The van der Waals surface area contributed by atoms with Crippen molar-refractivity contribution >= 4 is 22.6 Å². The van der Waals surface area contributed by atoms with Gasteiger partial charge in [-0.15, -0.1) is 0 Å². The number of aliphatic hydroxyl groups is 1. The summed E-state index contributed by atoms with van der Waals surface area (Å²) in [5, 5.41) is 10.3. The van der Waals surface area contributed by atoms with Gasteiger partial charge in [0.05, 0.1) is 6.10 Å². The second-order valence-corrected chi connectivity index (χ2v) is 5.85. The molecule has 0 fully saturated rings. The molecule has 0 heterocycles. The fourth-order valence-corrected chi connectivity index (χ4v) is 2.92. The molecule has 0 aliphatic rings. The summed E-state index contributed by atoms with van der Waals surface area (Å²) < 4.78 is 1.17. The van der Waals surface area contributed by atoms with Crippen LogP contribution in [0.2, 0.25) is 0 Å². The Morgan fingerprint density at radius 2 is 1.94 bits per heavy atom. The molecule has 0 saturated heterocycles. The molecule has 2 heteroatoms. The van der Waals surface area contributed by atoms with Gasteiger partial charge in [0.15, 0.2) is 0 Å². The van der Waals surface area contributed by atoms with Gasteiger partial charge in [0.2, 0.25) is 0 Å². The average molecular weight is 346 g/mol. The van der Waals surface area contributed by atoms with Gasteiger partial charge in [-0.2, -0.15) is 0 Å². The zero-order chi connectivity index (χ0) is 12.7. The number of aliphatic hydroxyl groups excluding tert-OH is 1. The maximum absolute atomic E-state index is 10.3. The molecule has 0 amide bonds. The molecule has 1 aromatic rings. The zero-order valence-corrected chi connectivity index (χ0v) is 13.0. The Kier molecular flexibility index (Phi) is 7.12. The van der Waals surface area contributed by atoms with E-state index in [2.05, 4.69) is 42.5 Å². The highest BCUT2D eigenvalue weighted by Crippen LogP contribution is 2.28. The van der Waals surface area contributed by atoms with E-state index in [0.29, 0.717) is 5.92 Å². The maximum Gasteiger partial charge on any atom is 0.0802 e. The minimum absolute atomic E-state index is 0.301. The summed E-state index contributed by atoms with van der Waals surface area (Å²) in [5.74, 6) is 0.654. The van der Waals surface area contributed by atoms with Gasteiger partial charge in [0.1, 0.15) is 0 Å². The molecule has 0 saturated carbocycles. The summed E-state index contributed by atoms with van der Waals surface area (Å²) in [6, 6.07) is 8.13. The van der Waals surface area contributed by atoms with Gasteiger partial charge in [0.25, 0.3) is 0 Å². The van der Waals surface area contributed by atoms with Crippen molar-refractivity contribution in [3.8, 4) is 0 Å². The molecule has 0 spiro atoms. The number of rotatable bonds is 7. The first-order valence-corrected chi connectivity index (χ1v) is 7.69. The van der Waals surface area contributed by atoms with Crippen LogP contribution in [0.3, 0.4) is 0 Å². The van der Waals surface area contributed by atoms with Crippen molar-refractivity contribution in [2.24, 2.45) is 5.92 Å². The minimum atomic E-state index is -0.301. The molecule has 1 rings (SSSR count). The second kappa shape index (κ2) is 8.09. The van der Waals surface area contributed by atoms with Crippen molar-refractivity contribution in [1.82, 2.24) is 0 Å². The molecule has 1 nitrogen and oxygen atoms in total. The molecule has 0 aliphatic carbocycles. The minimum Gasteiger partial charge on any atom is -0.388 e. The third-order valence-corrected chi connectivity index (χ3v) is 4.35. The van der Waals surface area contributed by atoms with E-state index in [1.807, 2.05) is 18.2 Å². The number of hydrogen-bond acceptors (Lipinski definition) is 1. The van der Waals surface area contributed by atoms with Crippen LogP contribution in [0, 0.1) is 9.49 Å². The Bertz CT molecular complexity index is 324. The molecule has 0 radical (unpaired) electrons. The van der Waals surface area contributed by atoms with Crippen molar-refractivity contribution in [1.29, 1.82) is 0 Å². The molecule has 1 aromatic carbocycles. The topological polar surface area (TPSA) is 20.2 Å². The lowest BCUT2D eigenvalue weighted by molar-refractivity contribution is 0.138. The summed E-state index contributed by atoms with van der Waals surface area (Å²) in [5.41, 5.74) is 1.09. The van der Waals surface area contributed by atoms with Crippen LogP contribution >= 0.6 is 22.6 Å². The molecule has 96 valence electrons. The van der Waals surface area contributed by atoms with Gasteiger partial charge in [0, 0.05) is 3.57 Å². The van der Waals surface area contributed by atoms with Crippen LogP contribution in [-0.4, -0.2) is 5.11 Å². The van der Waals surface area contributed by atoms with Crippen LogP contribution in [0.1, 0.15) is 57.6 Å². The summed E-state index contributed by atoms with van der Waals surface area (Å²) >= 11 is 2.30. The van der Waals surface area contributed by atoms with Crippen molar-refractivity contribution in [3.05, 3.63) is 33.4 Å². The fraction of sp³-hybridized carbons (Fsp3) is 0.600. The van der Waals surface area contributed by atoms with E-state index >= 15 is 0 Å². The summed E-state index contributed by atoms with van der Waals surface area (Å²) in [4.78, 5) is 0. The first-order valence-electron chi connectivity index (χ1n) is 6.61. The van der Waals surface area contributed by atoms with E-state index in [1.54, 1.807) is 0 Å². The highest BCUT2D eigenvalue weighted by molar-refractivity contribution is 14.1. The zero-order valence-electron chi connectivity index (χ0n) is 10.8. The predicted octanol–water partition coefficient (Wildman–Crippen LogP) is 4.93. The molecular formula is C15H23IO. The van der Waals surface area contributed by atoms with Crippen molar-refractivity contribution in [3.63, 3.8) is 0 Å². The second-order valence-electron chi connectivity index (χ2n) is 4.69. The first kappa shape index (κ1) is 15.0. The molecule has 1 N–H and O–H groups in total. The van der Waals surface area contributed by atoms with E-state index < -0.39 is 0 Å². The van der Waals surface area contributed by atoms with Gasteiger partial charge in [-0.25, -0.2) is 0 Å². The lowest BCUT2D eigenvalue weighted by Gasteiger charge is -2.19. The molecule has 17 heavy (non-hydrogen) atoms. The lowest BCUT2D eigenvalue weighted by atomic mass is 9.91. The fourth-order valence-electron chi connectivity index (χ4n) is 2.17. The first-order chi connectivity index (χ1) is 8.19. The molecule has 2 atom stereocenters. The molecular weight excluding hydrogens is 323 g/mol. The van der Waals surface area contributed by atoms with Crippen LogP contribution in [0.15, 0.2) is 24.3 Å². The number of hydrogen-bond donors (Lipinski definition) is 1. The Morgan fingerprint density at radius 1 is 1.24 bits per heavy atom. The third kappa shape index (κ3) is 4.96. The quantitative estimate of drug-likeness (QED) is 0.694. The van der Waals surface area contributed by atoms with E-state index in [4.69, 9.17) is 0 Å². The van der Waals surface area contributed by atoms with E-state index in [1.165, 1.54) is 29.3 Å². The normalized spacial score (nSPS) is 14.6. The summed E-state index contributed by atoms with van der Waals surface area (Å²) in [7, 11) is 0. The third-order valence-electron chi connectivity index (χ3n) is 3.36. The van der Waals surface area contributed by atoms with Crippen molar-refractivity contribution in [2.45, 2.75) is 52.1 Å². The Balaban J connectivity index is 2.58. The van der Waals surface area contributed by atoms with Crippen LogP contribution in [0.4, 0.5) is 0 Å². The van der Waals surface area contributed by atoms with Gasteiger partial charge in [-0.1, -0.05) is 57.7 Å². The standard InChI is InChI=1S/C15H23IO/c1-3-5-8-12(4-2)11-15(17)13-9-6-7-10-14(13)16/h6-7,9-10,12,15,17H,3-5,8,11H2,1-2H3. The van der Waals surface area contributed by atoms with Gasteiger partial charge < -0.3 is 5.11 Å². The SMILES string of the molecule is CCCCC(CC)CC(O)c1ccccc1I. The molecule has 0 aliphatic heterocycles. The Morgan fingerprint density at radius 3 is 2.53 bits per heavy atom. The van der Waals surface area contributed by atoms with E-state index in [0.717, 1.165) is 12.0 Å². The van der Waals surface area contributed by atoms with Gasteiger partial charge in [-0.05, 0) is 46.6 Å². The maximum atomic E-state index is 10.3. The van der Waals surface area contributed by atoms with Gasteiger partial charge >= 0.3 is 0 Å². The smallest absolute Gasteiger partial charge is 0.0802 e. The number of benzene rings is 1. The Labute approximate surface area is 119 Å². The predicted molar refractivity (Wildman–Crippen MR) is 82.0 cm³/mol. The van der Waals surface area contributed by atoms with Crippen LogP contribution in [-0.2, 0) is 0 Å². The largest absolute Gasteiger partial charge is 0.388 e. The van der Waals surface area contributed by atoms with Crippen molar-refractivity contribution in [2.75, 3.05) is 0 Å². The lowest BCUT2D eigenvalue weighted by Crippen LogP contribution is -2.08. The number of halogens is 1. The van der Waals surface area contributed by atoms with Crippen molar-refractivity contribution < 1.29 is 5.11 Å². The van der Waals surface area contributed by atoms with E-state index in [-0.39, 0.29) is 6.10 Å². The van der Waals surface area contributed by atoms with Crippen LogP contribution in [0.5, 0.6) is 0 Å². The molecule has 2 unspecified atom stereocenters. The highest BCUT2D eigenvalue weighted by atomic mass is 127. The monoisotopic (exact) mass is 346 g/mol. The van der Waals surface area contributed by atoms with Crippen LogP contribution < -0.4 is 0 Å². The molecule has 0 aromatic heterocycles. The number of unbranched alkanes of at least 4 members (excludes halogenated alkanes) is 1. The average Bonchev–Trinajstić information content (AvgIpc) is 2.34. The summed E-state index contributed by atoms with van der Waals surface area (Å²) in [6.45, 7) is 4.45. The van der Waals surface area contributed by atoms with E-state index in [9.17, 15) is 5.11 Å². The highest BCUT2D eigenvalue weighted by Gasteiger charge is 2.16. The molecule has 0 bridgehead atoms. The van der Waals surface area contributed by atoms with Gasteiger partial charge in [-0.3, -0.25) is 0 Å². The van der Waals surface area contributed by atoms with Crippen LogP contribution in [0.25, 0.3) is 0 Å².